The number of carbonyl (C=O) groups excluding carboxylic acids is 2. The van der Waals surface area contributed by atoms with Gasteiger partial charge in [0, 0.05) is 50.9 Å². The summed E-state index contributed by atoms with van der Waals surface area (Å²) in [6, 6.07) is 12.6. The molecule has 0 unspecified atom stereocenters. The zero-order valence-corrected chi connectivity index (χ0v) is 21.4. The fourth-order valence-corrected chi connectivity index (χ4v) is 5.72. The normalized spacial score (nSPS) is 23.1. The molecule has 2 heterocycles. The Labute approximate surface area is 211 Å². The van der Waals surface area contributed by atoms with Crippen molar-refractivity contribution in [3.05, 3.63) is 65.5 Å². The van der Waals surface area contributed by atoms with Crippen LogP contribution < -0.4 is 10.6 Å². The number of likely N-dealkylation sites (N-methyl/N-ethyl adjacent to an activating group) is 1. The van der Waals surface area contributed by atoms with Gasteiger partial charge in [-0.2, -0.15) is 0 Å². The summed E-state index contributed by atoms with van der Waals surface area (Å²) in [5.74, 6) is -0.400. The van der Waals surface area contributed by atoms with Crippen molar-refractivity contribution in [1.82, 2.24) is 20.4 Å². The van der Waals surface area contributed by atoms with E-state index in [1.807, 2.05) is 7.05 Å². The van der Waals surface area contributed by atoms with Crippen LogP contribution in [0.2, 0.25) is 0 Å². The van der Waals surface area contributed by atoms with E-state index < -0.39 is 9.84 Å². The van der Waals surface area contributed by atoms with E-state index >= 15 is 0 Å². The Bertz CT molecular complexity index is 1190. The maximum Gasteiger partial charge on any atom is 0.239 e. The predicted molar refractivity (Wildman–Crippen MR) is 134 cm³/mol. The van der Waals surface area contributed by atoms with Gasteiger partial charge in [-0.15, -0.1) is 0 Å². The summed E-state index contributed by atoms with van der Waals surface area (Å²) in [6.45, 7) is 2.14. The summed E-state index contributed by atoms with van der Waals surface area (Å²) < 4.78 is 36.5. The average Bonchev–Trinajstić information content (AvgIpc) is 3.21. The second-order valence-corrected chi connectivity index (χ2v) is 11.7. The maximum atomic E-state index is 13.0. The molecule has 2 N–H and O–H groups in total. The SMILES string of the molecule is CN1[C@@H](CCC(=O)NCc2ccc(F)cc2)CNC(=O)[C@@H]2[C@@H]1CCN2Cc1ccc(S(C)(=O)=O)cc1. The molecule has 0 aliphatic carbocycles. The second-order valence-electron chi connectivity index (χ2n) is 9.69. The Morgan fingerprint density at radius 3 is 2.44 bits per heavy atom. The first-order valence-electron chi connectivity index (χ1n) is 12.2. The molecule has 4 rings (SSSR count). The molecule has 10 heteroatoms. The summed E-state index contributed by atoms with van der Waals surface area (Å²) in [5.41, 5.74) is 1.79. The highest BCUT2D eigenvalue weighted by Gasteiger charge is 2.44. The molecule has 3 atom stereocenters. The first-order valence-corrected chi connectivity index (χ1v) is 14.0. The van der Waals surface area contributed by atoms with Gasteiger partial charge in [0.05, 0.1) is 4.90 Å². The molecule has 36 heavy (non-hydrogen) atoms. The molecule has 0 spiro atoms. The Kier molecular flexibility index (Phi) is 8.07. The van der Waals surface area contributed by atoms with E-state index in [0.29, 0.717) is 32.5 Å². The molecule has 2 amide bonds. The van der Waals surface area contributed by atoms with E-state index in [2.05, 4.69) is 20.4 Å². The van der Waals surface area contributed by atoms with Gasteiger partial charge in [0.2, 0.25) is 11.8 Å². The molecule has 0 bridgehead atoms. The lowest BCUT2D eigenvalue weighted by Gasteiger charge is -2.33. The van der Waals surface area contributed by atoms with Crippen molar-refractivity contribution < 1.29 is 22.4 Å². The fourth-order valence-electron chi connectivity index (χ4n) is 5.09. The number of fused-ring (bicyclic) bond motifs is 1. The molecule has 0 aromatic heterocycles. The quantitative estimate of drug-likeness (QED) is 0.554. The molecule has 8 nitrogen and oxygen atoms in total. The van der Waals surface area contributed by atoms with E-state index in [1.165, 1.54) is 18.4 Å². The van der Waals surface area contributed by atoms with Crippen molar-refractivity contribution in [2.75, 3.05) is 26.4 Å². The third-order valence-corrected chi connectivity index (χ3v) is 8.32. The standard InChI is InChI=1S/C26H33FN4O4S/c1-30-21(9-12-24(32)28-15-18-3-7-20(27)8-4-18)16-29-26(33)25-23(30)13-14-31(25)17-19-5-10-22(11-6-19)36(2,34)35/h3-8,10-11,21,23,25H,9,12-17H2,1-2H3,(H,28,32)(H,29,33)/t21-,23-,25-/m0/s1. The van der Waals surface area contributed by atoms with Crippen LogP contribution in [0.4, 0.5) is 4.39 Å². The van der Waals surface area contributed by atoms with Crippen molar-refractivity contribution in [2.45, 2.75) is 55.4 Å². The lowest BCUT2D eigenvalue weighted by Crippen LogP contribution is -2.49. The van der Waals surface area contributed by atoms with Crippen LogP contribution in [0.5, 0.6) is 0 Å². The molecule has 0 saturated carbocycles. The van der Waals surface area contributed by atoms with Crippen LogP contribution in [-0.2, 0) is 32.5 Å². The number of amides is 2. The van der Waals surface area contributed by atoms with Gasteiger partial charge in [0.25, 0.3) is 0 Å². The van der Waals surface area contributed by atoms with Crippen molar-refractivity contribution in [3.8, 4) is 0 Å². The smallest absolute Gasteiger partial charge is 0.239 e. The molecule has 2 aliphatic rings. The maximum absolute atomic E-state index is 13.0. The van der Waals surface area contributed by atoms with Crippen molar-refractivity contribution in [3.63, 3.8) is 0 Å². The van der Waals surface area contributed by atoms with Crippen LogP contribution in [0, 0.1) is 5.82 Å². The number of nitrogens with one attached hydrogen (secondary N) is 2. The van der Waals surface area contributed by atoms with Crippen LogP contribution in [0.15, 0.2) is 53.4 Å². The van der Waals surface area contributed by atoms with E-state index in [4.69, 9.17) is 0 Å². The first kappa shape index (κ1) is 26.2. The highest BCUT2D eigenvalue weighted by atomic mass is 32.2. The third-order valence-electron chi connectivity index (χ3n) is 7.19. The zero-order chi connectivity index (χ0) is 25.9. The van der Waals surface area contributed by atoms with Gasteiger partial charge in [0.15, 0.2) is 9.84 Å². The number of rotatable bonds is 8. The van der Waals surface area contributed by atoms with Gasteiger partial charge in [-0.25, -0.2) is 12.8 Å². The summed E-state index contributed by atoms with van der Waals surface area (Å²) >= 11 is 0. The van der Waals surface area contributed by atoms with Gasteiger partial charge in [-0.1, -0.05) is 24.3 Å². The van der Waals surface area contributed by atoms with Crippen LogP contribution in [-0.4, -0.2) is 74.6 Å². The Balaban J connectivity index is 1.32. The Hall–Kier alpha value is -2.82. The van der Waals surface area contributed by atoms with Crippen LogP contribution in [0.1, 0.15) is 30.4 Å². The monoisotopic (exact) mass is 516 g/mol. The molecule has 194 valence electrons. The van der Waals surface area contributed by atoms with Crippen LogP contribution >= 0.6 is 0 Å². The number of carbonyl (C=O) groups is 2. The molecule has 2 aromatic rings. The molecule has 0 radical (unpaired) electrons. The number of hydrogen-bond donors (Lipinski definition) is 2. The summed E-state index contributed by atoms with van der Waals surface area (Å²) in [4.78, 5) is 30.1. The van der Waals surface area contributed by atoms with E-state index in [9.17, 15) is 22.4 Å². The van der Waals surface area contributed by atoms with Gasteiger partial charge in [-0.05, 0) is 55.3 Å². The lowest BCUT2D eigenvalue weighted by molar-refractivity contribution is -0.126. The topological polar surface area (TPSA) is 98.8 Å². The number of halogens is 1. The van der Waals surface area contributed by atoms with Crippen molar-refractivity contribution in [2.24, 2.45) is 0 Å². The Morgan fingerprint density at radius 1 is 1.11 bits per heavy atom. The van der Waals surface area contributed by atoms with Crippen LogP contribution in [0.25, 0.3) is 0 Å². The zero-order valence-electron chi connectivity index (χ0n) is 20.6. The highest BCUT2D eigenvalue weighted by molar-refractivity contribution is 7.90. The minimum absolute atomic E-state index is 0.0135. The van der Waals surface area contributed by atoms with Crippen LogP contribution in [0.3, 0.4) is 0 Å². The summed E-state index contributed by atoms with van der Waals surface area (Å²) in [6.07, 6.45) is 2.97. The average molecular weight is 517 g/mol. The predicted octanol–water partition coefficient (Wildman–Crippen LogP) is 1.70. The minimum Gasteiger partial charge on any atom is -0.353 e. The minimum atomic E-state index is -3.25. The fraction of sp³-hybridized carbons (Fsp3) is 0.462. The van der Waals surface area contributed by atoms with E-state index in [0.717, 1.165) is 24.1 Å². The third kappa shape index (κ3) is 6.29. The largest absolute Gasteiger partial charge is 0.353 e. The first-order chi connectivity index (χ1) is 17.1. The van der Waals surface area contributed by atoms with E-state index in [1.54, 1.807) is 36.4 Å². The Morgan fingerprint density at radius 2 is 1.78 bits per heavy atom. The molecule has 2 aliphatic heterocycles. The lowest BCUT2D eigenvalue weighted by atomic mass is 10.0. The van der Waals surface area contributed by atoms with Gasteiger partial charge in [0.1, 0.15) is 11.9 Å². The van der Waals surface area contributed by atoms with Crippen molar-refractivity contribution in [1.29, 1.82) is 0 Å². The summed E-state index contributed by atoms with van der Waals surface area (Å²) in [7, 11) is -1.23. The van der Waals surface area contributed by atoms with Crippen molar-refractivity contribution >= 4 is 21.7 Å². The molecule has 2 fully saturated rings. The van der Waals surface area contributed by atoms with E-state index in [-0.39, 0.29) is 40.7 Å². The second kappa shape index (κ2) is 11.1. The molecule has 2 aromatic carbocycles. The number of nitrogens with zero attached hydrogens (tertiary/aromatic N) is 2. The number of hydrogen-bond acceptors (Lipinski definition) is 6. The molecule has 2 saturated heterocycles. The van der Waals surface area contributed by atoms with Gasteiger partial charge >= 0.3 is 0 Å². The van der Waals surface area contributed by atoms with Gasteiger partial charge < -0.3 is 10.6 Å². The molecular weight excluding hydrogens is 483 g/mol. The summed E-state index contributed by atoms with van der Waals surface area (Å²) in [5, 5.41) is 5.94. The molecular formula is C26H33FN4O4S. The number of likely N-dealkylation sites (tertiary alicyclic amines) is 1. The number of benzene rings is 2. The highest BCUT2D eigenvalue weighted by Crippen LogP contribution is 2.28. The number of sulfone groups is 1. The van der Waals surface area contributed by atoms with Gasteiger partial charge in [-0.3, -0.25) is 19.4 Å².